The number of carbonyl (C=O) groups is 1. The molecule has 0 aromatic carbocycles. The molecule has 0 aliphatic heterocycles. The van der Waals surface area contributed by atoms with Crippen LogP contribution in [0, 0.1) is 0 Å². The second-order valence-electron chi connectivity index (χ2n) is 2.64. The van der Waals surface area contributed by atoms with Crippen LogP contribution in [0.15, 0.2) is 0 Å². The Hall–Kier alpha value is -0.650. The van der Waals surface area contributed by atoms with E-state index in [9.17, 15) is 4.79 Å². The van der Waals surface area contributed by atoms with Gasteiger partial charge in [-0.3, -0.25) is 4.79 Å². The molecule has 0 aliphatic rings. The number of primary amides is 1. The van der Waals surface area contributed by atoms with Crippen molar-refractivity contribution in [2.24, 2.45) is 11.5 Å². The summed E-state index contributed by atoms with van der Waals surface area (Å²) in [6, 6.07) is -0.612. The molecule has 1 unspecified atom stereocenters. The van der Waals surface area contributed by atoms with Gasteiger partial charge in [0.15, 0.2) is 0 Å². The first-order chi connectivity index (χ1) is 5.68. The zero-order chi connectivity index (χ0) is 9.40. The van der Waals surface area contributed by atoms with Crippen molar-refractivity contribution >= 4 is 5.91 Å². The molecular formula is C7H17N3O2. The predicted octanol–water partition coefficient (Wildman–Crippen LogP) is -1.84. The van der Waals surface area contributed by atoms with Gasteiger partial charge in [0.1, 0.15) is 0 Å². The number of unbranched alkanes of at least 4 members (excludes halogenated alkanes) is 1. The van der Waals surface area contributed by atoms with Crippen molar-refractivity contribution in [3.63, 3.8) is 0 Å². The molecule has 0 aromatic heterocycles. The molecule has 0 saturated carbocycles. The van der Waals surface area contributed by atoms with Crippen molar-refractivity contribution in [3.8, 4) is 0 Å². The van der Waals surface area contributed by atoms with Crippen molar-refractivity contribution in [1.82, 2.24) is 5.32 Å². The number of rotatable bonds is 7. The normalized spacial score (nSPS) is 12.8. The summed E-state index contributed by atoms with van der Waals surface area (Å²) in [7, 11) is 0. The summed E-state index contributed by atoms with van der Waals surface area (Å²) in [4.78, 5) is 10.4. The number of nitrogens with two attached hydrogens (primary N) is 2. The lowest BCUT2D eigenvalue weighted by Crippen LogP contribution is -2.44. The van der Waals surface area contributed by atoms with Crippen LogP contribution in [0.3, 0.4) is 0 Å². The molecule has 5 nitrogen and oxygen atoms in total. The zero-order valence-corrected chi connectivity index (χ0v) is 7.12. The molecular weight excluding hydrogens is 158 g/mol. The Morgan fingerprint density at radius 2 is 2.17 bits per heavy atom. The van der Waals surface area contributed by atoms with Crippen molar-refractivity contribution in [3.05, 3.63) is 0 Å². The monoisotopic (exact) mass is 175 g/mol. The van der Waals surface area contributed by atoms with Gasteiger partial charge in [-0.25, -0.2) is 0 Å². The van der Waals surface area contributed by atoms with Crippen LogP contribution in [-0.4, -0.2) is 36.8 Å². The molecule has 0 heterocycles. The lowest BCUT2D eigenvalue weighted by Gasteiger charge is -2.08. The van der Waals surface area contributed by atoms with E-state index in [-0.39, 0.29) is 6.61 Å². The molecule has 1 amide bonds. The highest BCUT2D eigenvalue weighted by Crippen LogP contribution is 1.83. The molecule has 72 valence electrons. The lowest BCUT2D eigenvalue weighted by atomic mass is 10.3. The second-order valence-corrected chi connectivity index (χ2v) is 2.64. The van der Waals surface area contributed by atoms with Gasteiger partial charge in [0.25, 0.3) is 0 Å². The highest BCUT2D eigenvalue weighted by atomic mass is 16.2. The van der Waals surface area contributed by atoms with Gasteiger partial charge in [-0.15, -0.1) is 0 Å². The van der Waals surface area contributed by atoms with Gasteiger partial charge in [-0.05, 0) is 19.4 Å². The third-order valence-electron chi connectivity index (χ3n) is 1.49. The fourth-order valence-electron chi connectivity index (χ4n) is 0.720. The number of aliphatic hydroxyl groups excluding tert-OH is 1. The van der Waals surface area contributed by atoms with Gasteiger partial charge >= 0.3 is 0 Å². The topological polar surface area (TPSA) is 101 Å². The Balaban J connectivity index is 3.14. The SMILES string of the molecule is NC(=O)C(N)CNCCCCO. The Bertz CT molecular complexity index is 130. The summed E-state index contributed by atoms with van der Waals surface area (Å²) < 4.78 is 0. The van der Waals surface area contributed by atoms with Crippen LogP contribution in [0.4, 0.5) is 0 Å². The maximum atomic E-state index is 10.4. The molecule has 0 fully saturated rings. The number of carbonyl (C=O) groups excluding carboxylic acids is 1. The van der Waals surface area contributed by atoms with Crippen LogP contribution in [-0.2, 0) is 4.79 Å². The fraction of sp³-hybridized carbons (Fsp3) is 0.857. The van der Waals surface area contributed by atoms with Crippen LogP contribution in [0.5, 0.6) is 0 Å². The van der Waals surface area contributed by atoms with Crippen LogP contribution < -0.4 is 16.8 Å². The maximum Gasteiger partial charge on any atom is 0.235 e. The molecule has 0 aromatic rings. The molecule has 1 atom stereocenters. The van der Waals surface area contributed by atoms with Gasteiger partial charge in [-0.1, -0.05) is 0 Å². The highest BCUT2D eigenvalue weighted by molar-refractivity contribution is 5.79. The third-order valence-corrected chi connectivity index (χ3v) is 1.49. The van der Waals surface area contributed by atoms with E-state index in [2.05, 4.69) is 5.32 Å². The van der Waals surface area contributed by atoms with Crippen LogP contribution in [0.1, 0.15) is 12.8 Å². The molecule has 0 saturated heterocycles. The summed E-state index contributed by atoms with van der Waals surface area (Å²) in [5, 5.41) is 11.4. The molecule has 0 rings (SSSR count). The lowest BCUT2D eigenvalue weighted by molar-refractivity contribution is -0.119. The van der Waals surface area contributed by atoms with Crippen molar-refractivity contribution in [2.45, 2.75) is 18.9 Å². The van der Waals surface area contributed by atoms with E-state index in [0.29, 0.717) is 6.54 Å². The standard InChI is InChI=1S/C7H17N3O2/c8-6(7(9)12)5-10-3-1-2-4-11/h6,10-11H,1-5,8H2,(H2,9,12). The van der Waals surface area contributed by atoms with E-state index in [1.165, 1.54) is 0 Å². The van der Waals surface area contributed by atoms with Crippen LogP contribution in [0.2, 0.25) is 0 Å². The average molecular weight is 175 g/mol. The van der Waals surface area contributed by atoms with Crippen molar-refractivity contribution in [2.75, 3.05) is 19.7 Å². The number of amides is 1. The van der Waals surface area contributed by atoms with E-state index >= 15 is 0 Å². The van der Waals surface area contributed by atoms with E-state index in [1.54, 1.807) is 0 Å². The Labute approximate surface area is 72.1 Å². The summed E-state index contributed by atoms with van der Waals surface area (Å²) >= 11 is 0. The molecule has 6 N–H and O–H groups in total. The van der Waals surface area contributed by atoms with Crippen LogP contribution >= 0.6 is 0 Å². The Morgan fingerprint density at radius 1 is 1.50 bits per heavy atom. The quantitative estimate of drug-likeness (QED) is 0.341. The van der Waals surface area contributed by atoms with Gasteiger partial charge in [0, 0.05) is 13.2 Å². The average Bonchev–Trinajstić information content (AvgIpc) is 2.03. The first kappa shape index (κ1) is 11.4. The van der Waals surface area contributed by atoms with Gasteiger partial charge in [0.2, 0.25) is 5.91 Å². The smallest absolute Gasteiger partial charge is 0.235 e. The first-order valence-electron chi connectivity index (χ1n) is 4.05. The van der Waals surface area contributed by atoms with Gasteiger partial charge in [-0.2, -0.15) is 0 Å². The summed E-state index contributed by atoms with van der Waals surface area (Å²) in [6.45, 7) is 1.35. The number of hydrogen-bond donors (Lipinski definition) is 4. The molecule has 12 heavy (non-hydrogen) atoms. The minimum atomic E-state index is -0.612. The Morgan fingerprint density at radius 3 is 2.67 bits per heavy atom. The largest absolute Gasteiger partial charge is 0.396 e. The second kappa shape index (κ2) is 7.02. The first-order valence-corrected chi connectivity index (χ1v) is 4.05. The number of nitrogens with one attached hydrogen (secondary N) is 1. The van der Waals surface area contributed by atoms with E-state index < -0.39 is 11.9 Å². The van der Waals surface area contributed by atoms with E-state index in [4.69, 9.17) is 16.6 Å². The fourth-order valence-corrected chi connectivity index (χ4v) is 0.720. The summed E-state index contributed by atoms with van der Waals surface area (Å²) in [5.41, 5.74) is 10.3. The molecule has 0 aliphatic carbocycles. The number of hydrogen-bond acceptors (Lipinski definition) is 4. The third kappa shape index (κ3) is 6.09. The minimum absolute atomic E-state index is 0.198. The Kier molecular flexibility index (Phi) is 6.64. The van der Waals surface area contributed by atoms with E-state index in [1.807, 2.05) is 0 Å². The summed E-state index contributed by atoms with van der Waals surface area (Å²) in [6.07, 6.45) is 1.64. The zero-order valence-electron chi connectivity index (χ0n) is 7.12. The van der Waals surface area contributed by atoms with Gasteiger partial charge in [0.05, 0.1) is 6.04 Å². The molecule has 5 heteroatoms. The minimum Gasteiger partial charge on any atom is -0.396 e. The van der Waals surface area contributed by atoms with Crippen molar-refractivity contribution < 1.29 is 9.90 Å². The molecule has 0 radical (unpaired) electrons. The van der Waals surface area contributed by atoms with E-state index in [0.717, 1.165) is 19.4 Å². The van der Waals surface area contributed by atoms with Gasteiger partial charge < -0.3 is 21.9 Å². The van der Waals surface area contributed by atoms with Crippen LogP contribution in [0.25, 0.3) is 0 Å². The van der Waals surface area contributed by atoms with Crippen molar-refractivity contribution in [1.29, 1.82) is 0 Å². The predicted molar refractivity (Wildman–Crippen MR) is 46.4 cm³/mol. The molecule has 0 spiro atoms. The maximum absolute atomic E-state index is 10.4. The number of aliphatic hydroxyl groups is 1. The summed E-state index contributed by atoms with van der Waals surface area (Å²) in [5.74, 6) is -0.496. The molecule has 0 bridgehead atoms. The highest BCUT2D eigenvalue weighted by Gasteiger charge is 2.06.